The van der Waals surface area contributed by atoms with Gasteiger partial charge in [0.25, 0.3) is 5.91 Å². The summed E-state index contributed by atoms with van der Waals surface area (Å²) in [7, 11) is 1.68. The molecule has 0 saturated heterocycles. The van der Waals surface area contributed by atoms with Crippen molar-refractivity contribution in [3.8, 4) is 0 Å². The number of benzene rings is 1. The molecule has 0 radical (unpaired) electrons. The first-order valence-electron chi connectivity index (χ1n) is 8.06. The van der Waals surface area contributed by atoms with Crippen LogP contribution in [0.2, 0.25) is 0 Å². The molecule has 1 fully saturated rings. The van der Waals surface area contributed by atoms with Crippen LogP contribution in [0.4, 0.5) is 4.39 Å². The molecule has 4 nitrogen and oxygen atoms in total. The molecule has 1 aromatic carbocycles. The van der Waals surface area contributed by atoms with Crippen LogP contribution in [0, 0.1) is 5.82 Å². The highest BCUT2D eigenvalue weighted by Gasteiger charge is 2.44. The van der Waals surface area contributed by atoms with Crippen molar-refractivity contribution < 1.29 is 18.7 Å². The summed E-state index contributed by atoms with van der Waals surface area (Å²) in [4.78, 5) is 26.2. The fourth-order valence-corrected chi connectivity index (χ4v) is 3.03. The SMILES string of the molecule is CC(C)N(C)C(=O)COC(=O)C1(c2cccc(F)c2)CCCC1. The molecule has 0 bridgehead atoms. The number of rotatable bonds is 5. The van der Waals surface area contributed by atoms with Gasteiger partial charge in [0.15, 0.2) is 6.61 Å². The summed E-state index contributed by atoms with van der Waals surface area (Å²) in [5.74, 6) is -1.02. The van der Waals surface area contributed by atoms with Crippen molar-refractivity contribution in [3.05, 3.63) is 35.6 Å². The van der Waals surface area contributed by atoms with Gasteiger partial charge in [-0.3, -0.25) is 9.59 Å². The van der Waals surface area contributed by atoms with Gasteiger partial charge < -0.3 is 9.64 Å². The van der Waals surface area contributed by atoms with Gasteiger partial charge in [-0.25, -0.2) is 4.39 Å². The van der Waals surface area contributed by atoms with Gasteiger partial charge in [0.1, 0.15) is 5.82 Å². The second-order valence-corrected chi connectivity index (χ2v) is 6.47. The largest absolute Gasteiger partial charge is 0.455 e. The fourth-order valence-electron chi connectivity index (χ4n) is 3.03. The summed E-state index contributed by atoms with van der Waals surface area (Å²) in [6, 6.07) is 6.17. The van der Waals surface area contributed by atoms with Crippen molar-refractivity contribution >= 4 is 11.9 Å². The summed E-state index contributed by atoms with van der Waals surface area (Å²) in [6.07, 6.45) is 3.05. The summed E-state index contributed by atoms with van der Waals surface area (Å²) in [5, 5.41) is 0. The zero-order chi connectivity index (χ0) is 17.0. The zero-order valence-corrected chi connectivity index (χ0v) is 14.0. The molecule has 1 aliphatic rings. The number of likely N-dealkylation sites (N-methyl/N-ethyl adjacent to an activating group) is 1. The van der Waals surface area contributed by atoms with E-state index in [4.69, 9.17) is 4.74 Å². The van der Waals surface area contributed by atoms with E-state index in [1.807, 2.05) is 13.8 Å². The lowest BCUT2D eigenvalue weighted by molar-refractivity contribution is -0.157. The predicted octanol–water partition coefficient (Wildman–Crippen LogP) is 3.05. The van der Waals surface area contributed by atoms with Crippen LogP contribution in [0.25, 0.3) is 0 Å². The minimum atomic E-state index is -0.821. The smallest absolute Gasteiger partial charge is 0.317 e. The lowest BCUT2D eigenvalue weighted by atomic mass is 9.79. The van der Waals surface area contributed by atoms with E-state index >= 15 is 0 Å². The third kappa shape index (κ3) is 3.71. The van der Waals surface area contributed by atoms with Gasteiger partial charge in [-0.15, -0.1) is 0 Å². The van der Waals surface area contributed by atoms with Crippen LogP contribution in [-0.4, -0.2) is 36.5 Å². The van der Waals surface area contributed by atoms with E-state index in [1.54, 1.807) is 19.2 Å². The number of halogens is 1. The molecule has 23 heavy (non-hydrogen) atoms. The molecule has 0 spiro atoms. The summed E-state index contributed by atoms with van der Waals surface area (Å²) < 4.78 is 18.9. The Hall–Kier alpha value is -1.91. The maximum absolute atomic E-state index is 13.5. The topological polar surface area (TPSA) is 46.6 Å². The second-order valence-electron chi connectivity index (χ2n) is 6.47. The predicted molar refractivity (Wildman–Crippen MR) is 85.4 cm³/mol. The van der Waals surface area contributed by atoms with Crippen LogP contribution < -0.4 is 0 Å². The number of hydrogen-bond donors (Lipinski definition) is 0. The summed E-state index contributed by atoms with van der Waals surface area (Å²) in [6.45, 7) is 3.51. The Morgan fingerprint density at radius 2 is 1.96 bits per heavy atom. The highest BCUT2D eigenvalue weighted by molar-refractivity contribution is 5.86. The Labute approximate surface area is 136 Å². The minimum Gasteiger partial charge on any atom is -0.455 e. The van der Waals surface area contributed by atoms with Crippen molar-refractivity contribution in [2.45, 2.75) is 51.0 Å². The van der Waals surface area contributed by atoms with Crippen LogP contribution in [0.3, 0.4) is 0 Å². The fraction of sp³-hybridized carbons (Fsp3) is 0.556. The number of ether oxygens (including phenoxy) is 1. The van der Waals surface area contributed by atoms with Gasteiger partial charge in [0.2, 0.25) is 0 Å². The Bertz CT molecular complexity index is 579. The second kappa shape index (κ2) is 7.11. The number of nitrogens with zero attached hydrogens (tertiary/aromatic N) is 1. The molecule has 1 saturated carbocycles. The first-order chi connectivity index (χ1) is 10.9. The van der Waals surface area contributed by atoms with Crippen LogP contribution in [-0.2, 0) is 19.7 Å². The van der Waals surface area contributed by atoms with Gasteiger partial charge in [-0.05, 0) is 44.4 Å². The molecule has 0 atom stereocenters. The third-order valence-corrected chi connectivity index (χ3v) is 4.72. The Morgan fingerprint density at radius 1 is 1.30 bits per heavy atom. The van der Waals surface area contributed by atoms with Gasteiger partial charge in [0.05, 0.1) is 5.41 Å². The van der Waals surface area contributed by atoms with E-state index < -0.39 is 11.4 Å². The zero-order valence-electron chi connectivity index (χ0n) is 14.0. The van der Waals surface area contributed by atoms with E-state index in [1.165, 1.54) is 17.0 Å². The first-order valence-corrected chi connectivity index (χ1v) is 8.06. The summed E-state index contributed by atoms with van der Waals surface area (Å²) >= 11 is 0. The van der Waals surface area contributed by atoms with Crippen molar-refractivity contribution in [2.75, 3.05) is 13.7 Å². The molecule has 2 rings (SSSR count). The maximum atomic E-state index is 13.5. The van der Waals surface area contributed by atoms with Gasteiger partial charge in [0, 0.05) is 13.1 Å². The normalized spacial score (nSPS) is 16.4. The average molecular weight is 321 g/mol. The quantitative estimate of drug-likeness (QED) is 0.783. The molecular weight excluding hydrogens is 297 g/mol. The van der Waals surface area contributed by atoms with Crippen LogP contribution in [0.5, 0.6) is 0 Å². The molecule has 5 heteroatoms. The van der Waals surface area contributed by atoms with E-state index in [-0.39, 0.29) is 24.4 Å². The van der Waals surface area contributed by atoms with Crippen molar-refractivity contribution in [3.63, 3.8) is 0 Å². The monoisotopic (exact) mass is 321 g/mol. The molecule has 1 aliphatic carbocycles. The molecule has 0 heterocycles. The van der Waals surface area contributed by atoms with E-state index in [9.17, 15) is 14.0 Å². The van der Waals surface area contributed by atoms with Gasteiger partial charge in [-0.2, -0.15) is 0 Å². The molecule has 1 amide bonds. The lowest BCUT2D eigenvalue weighted by Gasteiger charge is -2.28. The van der Waals surface area contributed by atoms with E-state index in [2.05, 4.69) is 0 Å². The Morgan fingerprint density at radius 3 is 2.52 bits per heavy atom. The van der Waals surface area contributed by atoms with Gasteiger partial charge in [-0.1, -0.05) is 25.0 Å². The van der Waals surface area contributed by atoms with Crippen molar-refractivity contribution in [1.29, 1.82) is 0 Å². The lowest BCUT2D eigenvalue weighted by Crippen LogP contribution is -2.40. The Balaban J connectivity index is 2.12. The van der Waals surface area contributed by atoms with Crippen LogP contribution >= 0.6 is 0 Å². The summed E-state index contributed by atoms with van der Waals surface area (Å²) in [5.41, 5.74) is -0.177. The van der Waals surface area contributed by atoms with E-state index in [0.29, 0.717) is 18.4 Å². The van der Waals surface area contributed by atoms with Crippen LogP contribution in [0.1, 0.15) is 45.1 Å². The molecule has 0 aliphatic heterocycles. The number of esters is 1. The Kier molecular flexibility index (Phi) is 5.39. The maximum Gasteiger partial charge on any atom is 0.317 e. The average Bonchev–Trinajstić information content (AvgIpc) is 3.02. The third-order valence-electron chi connectivity index (χ3n) is 4.72. The number of hydrogen-bond acceptors (Lipinski definition) is 3. The molecular formula is C18H24FNO3. The molecule has 0 N–H and O–H groups in total. The molecule has 0 aromatic heterocycles. The molecule has 0 unspecified atom stereocenters. The molecule has 1 aromatic rings. The van der Waals surface area contributed by atoms with Gasteiger partial charge >= 0.3 is 5.97 Å². The standard InChI is InChI=1S/C18H24FNO3/c1-13(2)20(3)16(21)12-23-17(22)18(9-4-5-10-18)14-7-6-8-15(19)11-14/h6-8,11,13H,4-5,9-10,12H2,1-3H3. The van der Waals surface area contributed by atoms with Crippen LogP contribution in [0.15, 0.2) is 24.3 Å². The highest BCUT2D eigenvalue weighted by atomic mass is 19.1. The van der Waals surface area contributed by atoms with Crippen molar-refractivity contribution in [2.24, 2.45) is 0 Å². The van der Waals surface area contributed by atoms with E-state index in [0.717, 1.165) is 12.8 Å². The molecule has 126 valence electrons. The minimum absolute atomic E-state index is 0.0462. The van der Waals surface area contributed by atoms with Crippen molar-refractivity contribution in [1.82, 2.24) is 4.90 Å². The number of carbonyl (C=O) groups excluding carboxylic acids is 2. The number of amides is 1. The highest BCUT2D eigenvalue weighted by Crippen LogP contribution is 2.42. The first kappa shape index (κ1) is 17.4. The number of carbonyl (C=O) groups is 2.